The molecule has 7 aromatic rings. The third-order valence-corrected chi connectivity index (χ3v) is 10.2. The van der Waals surface area contributed by atoms with Crippen LogP contribution in [0.1, 0.15) is 30.5 Å². The van der Waals surface area contributed by atoms with Crippen molar-refractivity contribution in [3.8, 4) is 33.8 Å². The Labute approximate surface area is 291 Å². The summed E-state index contributed by atoms with van der Waals surface area (Å²) in [6.45, 7) is 0. The normalized spacial score (nSPS) is 16.4. The first kappa shape index (κ1) is 28.7. The van der Waals surface area contributed by atoms with Crippen molar-refractivity contribution in [2.75, 3.05) is 4.90 Å². The summed E-state index contributed by atoms with van der Waals surface area (Å²) in [6, 6.07) is 43.4. The van der Waals surface area contributed by atoms with Crippen LogP contribution in [0.3, 0.4) is 0 Å². The Morgan fingerprint density at radius 3 is 2.38 bits per heavy atom. The molecule has 5 aromatic carbocycles. The molecule has 0 spiro atoms. The van der Waals surface area contributed by atoms with Crippen molar-refractivity contribution >= 4 is 44.5 Å². The van der Waals surface area contributed by atoms with Gasteiger partial charge in [0.25, 0.3) is 0 Å². The molecule has 10 bridgehead atoms. The molecule has 1 unspecified atom stereocenters. The van der Waals surface area contributed by atoms with Crippen molar-refractivity contribution in [1.82, 2.24) is 9.97 Å². The summed E-state index contributed by atoms with van der Waals surface area (Å²) in [5.74, 6) is 0.712. The standard InChI is InChI=1S/C46H33N3O/c1-3-12-30(13-4-1)41-29-42-34-17-9-14-31(24-34)32-15-11-21-37(26-32)49(36-19-5-2-6-20-36)38-27-40(33-16-10-18-35(25-33)46(47-41)48-42)45-39-22-7-8-23-43(39)50-44(45)28-38/h1-8,10-13,15-19,21-29,36H,9,14,20H2. The first-order valence-corrected chi connectivity index (χ1v) is 17.4. The lowest BCUT2D eigenvalue weighted by atomic mass is 9.91. The van der Waals surface area contributed by atoms with Crippen LogP contribution in [0.15, 0.2) is 162 Å². The van der Waals surface area contributed by atoms with E-state index in [1.54, 1.807) is 0 Å². The summed E-state index contributed by atoms with van der Waals surface area (Å²) in [7, 11) is 0. The smallest absolute Gasteiger partial charge is 0.160 e. The van der Waals surface area contributed by atoms with Crippen LogP contribution in [0.4, 0.5) is 11.4 Å². The number of para-hydroxylation sites is 1. The Balaban J connectivity index is 1.29. The number of aromatic nitrogens is 2. The number of anilines is 2. The van der Waals surface area contributed by atoms with Crippen LogP contribution in [0.25, 0.3) is 66.9 Å². The predicted molar refractivity (Wildman–Crippen MR) is 206 cm³/mol. The van der Waals surface area contributed by atoms with Gasteiger partial charge in [0.2, 0.25) is 0 Å². The molecule has 3 heterocycles. The molecule has 238 valence electrons. The van der Waals surface area contributed by atoms with E-state index in [9.17, 15) is 0 Å². The van der Waals surface area contributed by atoms with Crippen LogP contribution in [0.5, 0.6) is 0 Å². The average Bonchev–Trinajstić information content (AvgIpc) is 3.57. The average molecular weight is 644 g/mol. The molecule has 2 aliphatic carbocycles. The Kier molecular flexibility index (Phi) is 6.73. The minimum absolute atomic E-state index is 0.149. The molecule has 2 aromatic heterocycles. The maximum atomic E-state index is 6.63. The molecular weight excluding hydrogens is 611 g/mol. The van der Waals surface area contributed by atoms with Crippen molar-refractivity contribution in [2.24, 2.45) is 0 Å². The molecule has 4 heteroatoms. The zero-order valence-electron chi connectivity index (χ0n) is 27.5. The Morgan fingerprint density at radius 2 is 1.46 bits per heavy atom. The monoisotopic (exact) mass is 643 g/mol. The maximum Gasteiger partial charge on any atom is 0.160 e. The molecule has 0 saturated carbocycles. The summed E-state index contributed by atoms with van der Waals surface area (Å²) in [5, 5.41) is 2.22. The summed E-state index contributed by atoms with van der Waals surface area (Å²) in [5.41, 5.74) is 13.8. The first-order chi connectivity index (χ1) is 24.7. The van der Waals surface area contributed by atoms with Gasteiger partial charge in [-0.2, -0.15) is 0 Å². The van der Waals surface area contributed by atoms with E-state index in [2.05, 4.69) is 151 Å². The number of fused-ring (bicyclic) bond motifs is 17. The topological polar surface area (TPSA) is 42.2 Å². The minimum Gasteiger partial charge on any atom is -0.456 e. The number of benzene rings is 5. The van der Waals surface area contributed by atoms with Crippen LogP contribution in [0, 0.1) is 0 Å². The van der Waals surface area contributed by atoms with Crippen LogP contribution in [0.2, 0.25) is 0 Å². The molecule has 1 atom stereocenters. The largest absolute Gasteiger partial charge is 0.456 e. The second kappa shape index (κ2) is 11.7. The lowest BCUT2D eigenvalue weighted by Crippen LogP contribution is -2.29. The van der Waals surface area contributed by atoms with Gasteiger partial charge in [0.05, 0.1) is 17.4 Å². The van der Waals surface area contributed by atoms with E-state index >= 15 is 0 Å². The van der Waals surface area contributed by atoms with Gasteiger partial charge in [-0.05, 0) is 89.6 Å². The second-order valence-electron chi connectivity index (χ2n) is 13.3. The third-order valence-electron chi connectivity index (χ3n) is 10.2. The van der Waals surface area contributed by atoms with Gasteiger partial charge in [0, 0.05) is 39.3 Å². The molecule has 1 aliphatic heterocycles. The fourth-order valence-corrected chi connectivity index (χ4v) is 7.77. The summed E-state index contributed by atoms with van der Waals surface area (Å²) in [4.78, 5) is 12.9. The number of hydrogen-bond donors (Lipinski definition) is 0. The van der Waals surface area contributed by atoms with Gasteiger partial charge >= 0.3 is 0 Å². The van der Waals surface area contributed by atoms with Crippen molar-refractivity contribution < 1.29 is 4.42 Å². The SMILES string of the molecule is C1=CCC(N2c3cccc(c3)C3=CC(=CCC3)c3cc(-c4ccccc4)nc(n3)-c3cccc(c3)-c3cc2cc2oc4ccccc4c32)C=C1. The number of hydrogen-bond acceptors (Lipinski definition) is 4. The summed E-state index contributed by atoms with van der Waals surface area (Å²) < 4.78 is 6.63. The molecular formula is C46H33N3O. The molecule has 4 nitrogen and oxygen atoms in total. The van der Waals surface area contributed by atoms with E-state index in [1.165, 1.54) is 11.1 Å². The highest BCUT2D eigenvalue weighted by molar-refractivity contribution is 6.14. The van der Waals surface area contributed by atoms with E-state index in [0.29, 0.717) is 5.82 Å². The van der Waals surface area contributed by atoms with Crippen molar-refractivity contribution in [3.63, 3.8) is 0 Å². The molecule has 0 saturated heterocycles. The fourth-order valence-electron chi connectivity index (χ4n) is 7.77. The van der Waals surface area contributed by atoms with E-state index in [-0.39, 0.29) is 6.04 Å². The van der Waals surface area contributed by atoms with Gasteiger partial charge in [-0.15, -0.1) is 0 Å². The van der Waals surface area contributed by atoms with Gasteiger partial charge in [0.1, 0.15) is 11.2 Å². The Morgan fingerprint density at radius 1 is 0.640 bits per heavy atom. The lowest BCUT2D eigenvalue weighted by molar-refractivity contribution is 0.668. The molecule has 50 heavy (non-hydrogen) atoms. The van der Waals surface area contributed by atoms with Crippen molar-refractivity contribution in [2.45, 2.75) is 25.3 Å². The van der Waals surface area contributed by atoms with Gasteiger partial charge in [-0.1, -0.05) is 109 Å². The number of nitrogens with zero attached hydrogens (tertiary/aromatic N) is 3. The van der Waals surface area contributed by atoms with Crippen LogP contribution >= 0.6 is 0 Å². The highest BCUT2D eigenvalue weighted by atomic mass is 16.3. The van der Waals surface area contributed by atoms with Crippen molar-refractivity contribution in [3.05, 3.63) is 169 Å². The highest BCUT2D eigenvalue weighted by Crippen LogP contribution is 2.44. The predicted octanol–water partition coefficient (Wildman–Crippen LogP) is 12.0. The molecule has 0 fully saturated rings. The van der Waals surface area contributed by atoms with Crippen LogP contribution in [-0.2, 0) is 0 Å². The molecule has 0 N–H and O–H groups in total. The van der Waals surface area contributed by atoms with Gasteiger partial charge in [-0.3, -0.25) is 0 Å². The highest BCUT2D eigenvalue weighted by Gasteiger charge is 2.24. The van der Waals surface area contributed by atoms with E-state index in [4.69, 9.17) is 14.4 Å². The first-order valence-electron chi connectivity index (χ1n) is 17.4. The lowest BCUT2D eigenvalue weighted by Gasteiger charge is -2.33. The van der Waals surface area contributed by atoms with Crippen LogP contribution < -0.4 is 4.90 Å². The van der Waals surface area contributed by atoms with Crippen LogP contribution in [-0.4, -0.2) is 16.0 Å². The van der Waals surface area contributed by atoms with E-state index in [1.807, 2.05) is 12.1 Å². The second-order valence-corrected chi connectivity index (χ2v) is 13.3. The van der Waals surface area contributed by atoms with E-state index < -0.39 is 0 Å². The number of furan rings is 1. The van der Waals surface area contributed by atoms with Gasteiger partial charge in [0.15, 0.2) is 5.82 Å². The summed E-state index contributed by atoms with van der Waals surface area (Å²) >= 11 is 0. The number of allylic oxidation sites excluding steroid dienone is 6. The number of rotatable bonds is 2. The Hall–Kier alpha value is -6.26. The molecule has 3 aliphatic rings. The van der Waals surface area contributed by atoms with Crippen molar-refractivity contribution in [1.29, 1.82) is 0 Å². The van der Waals surface area contributed by atoms with E-state index in [0.717, 1.165) is 91.8 Å². The van der Waals surface area contributed by atoms with Gasteiger partial charge < -0.3 is 9.32 Å². The quantitative estimate of drug-likeness (QED) is 0.188. The summed E-state index contributed by atoms with van der Waals surface area (Å²) in [6.07, 6.45) is 16.4. The zero-order chi connectivity index (χ0) is 33.0. The molecule has 0 radical (unpaired) electrons. The zero-order valence-corrected chi connectivity index (χ0v) is 27.5. The van der Waals surface area contributed by atoms with Gasteiger partial charge in [-0.25, -0.2) is 9.97 Å². The minimum atomic E-state index is 0.149. The maximum absolute atomic E-state index is 6.63. The molecule has 10 rings (SSSR count). The molecule has 0 amide bonds. The third kappa shape index (κ3) is 4.91. The fraction of sp³-hybridized carbons (Fsp3) is 0.0870. The Bertz CT molecular complexity index is 2590.